The fourth-order valence-electron chi connectivity index (χ4n) is 6.40. The second-order valence-corrected chi connectivity index (χ2v) is 11.2. The molecule has 3 aliphatic rings. The van der Waals surface area contributed by atoms with Crippen molar-refractivity contribution < 1.29 is 14.4 Å². The van der Waals surface area contributed by atoms with E-state index in [1.807, 2.05) is 70.5 Å². The third-order valence-electron chi connectivity index (χ3n) is 8.86. The molecule has 0 bridgehead atoms. The highest BCUT2D eigenvalue weighted by Gasteiger charge is 2.54. The zero-order chi connectivity index (χ0) is 26.7. The second-order valence-electron chi connectivity index (χ2n) is 11.2. The number of carbonyl (C=O) groups excluding carboxylic acids is 3. The van der Waals surface area contributed by atoms with Crippen LogP contribution >= 0.6 is 0 Å². The number of para-hydroxylation sites is 1. The fraction of sp³-hybridized carbons (Fsp3) is 0.516. The van der Waals surface area contributed by atoms with E-state index in [0.29, 0.717) is 38.5 Å². The summed E-state index contributed by atoms with van der Waals surface area (Å²) in [5.41, 5.74) is 1.29. The maximum Gasteiger partial charge on any atom is 0.250 e. The van der Waals surface area contributed by atoms with Crippen molar-refractivity contribution in [1.29, 1.82) is 0 Å². The Morgan fingerprint density at radius 1 is 0.895 bits per heavy atom. The SMILES string of the molecule is CCC(C(=O)N1CCC2(CC1)C(=O)N(CC(=O)N1CCC(C)CC1)CN2c1ccccc1)c1ccccc1. The Bertz CT molecular complexity index is 1120. The summed E-state index contributed by atoms with van der Waals surface area (Å²) in [7, 11) is 0. The van der Waals surface area contributed by atoms with Crippen LogP contribution in [0.1, 0.15) is 57.4 Å². The Morgan fingerprint density at radius 2 is 1.50 bits per heavy atom. The van der Waals surface area contributed by atoms with Gasteiger partial charge in [0.25, 0.3) is 5.91 Å². The van der Waals surface area contributed by atoms with Crippen LogP contribution in [0, 0.1) is 5.92 Å². The monoisotopic (exact) mass is 516 g/mol. The van der Waals surface area contributed by atoms with Crippen molar-refractivity contribution in [3.05, 3.63) is 66.2 Å². The third kappa shape index (κ3) is 5.03. The van der Waals surface area contributed by atoms with Crippen LogP contribution in [0.15, 0.2) is 60.7 Å². The highest BCUT2D eigenvalue weighted by Crippen LogP contribution is 2.40. The number of benzene rings is 2. The lowest BCUT2D eigenvalue weighted by atomic mass is 9.84. The number of nitrogens with zero attached hydrogens (tertiary/aromatic N) is 4. The quantitative estimate of drug-likeness (QED) is 0.580. The van der Waals surface area contributed by atoms with E-state index in [0.717, 1.165) is 43.6 Å². The highest BCUT2D eigenvalue weighted by molar-refractivity contribution is 5.96. The van der Waals surface area contributed by atoms with E-state index in [1.165, 1.54) is 0 Å². The summed E-state index contributed by atoms with van der Waals surface area (Å²) < 4.78 is 0. The van der Waals surface area contributed by atoms with E-state index in [2.05, 4.69) is 18.7 Å². The van der Waals surface area contributed by atoms with Gasteiger partial charge in [-0.25, -0.2) is 0 Å². The average Bonchev–Trinajstić information content (AvgIpc) is 3.21. The molecule has 2 aromatic rings. The Labute approximate surface area is 226 Å². The van der Waals surface area contributed by atoms with Crippen LogP contribution in [0.25, 0.3) is 0 Å². The Hall–Kier alpha value is -3.35. The summed E-state index contributed by atoms with van der Waals surface area (Å²) in [6, 6.07) is 20.0. The standard InChI is InChI=1S/C31H40N4O3/c1-3-27(25-10-6-4-7-11-25)29(37)33-20-16-31(17-21-33)30(38)34(23-35(31)26-12-8-5-9-13-26)22-28(36)32-18-14-24(2)15-19-32/h4-13,24,27H,3,14-23H2,1-2H3. The molecule has 3 saturated heterocycles. The van der Waals surface area contributed by atoms with Gasteiger partial charge in [-0.2, -0.15) is 0 Å². The molecule has 3 amide bonds. The van der Waals surface area contributed by atoms with Crippen LogP contribution in [0.3, 0.4) is 0 Å². The number of carbonyl (C=O) groups is 3. The fourth-order valence-corrected chi connectivity index (χ4v) is 6.40. The van der Waals surface area contributed by atoms with Crippen LogP contribution in [-0.2, 0) is 14.4 Å². The number of amides is 3. The molecule has 0 aliphatic carbocycles. The minimum absolute atomic E-state index is 0.0160. The normalized spacial score (nSPS) is 20.7. The maximum absolute atomic E-state index is 14.0. The topological polar surface area (TPSA) is 64.2 Å². The van der Waals surface area contributed by atoms with E-state index >= 15 is 0 Å². The molecule has 202 valence electrons. The average molecular weight is 517 g/mol. The van der Waals surface area contributed by atoms with Crippen LogP contribution in [-0.4, -0.2) is 77.4 Å². The van der Waals surface area contributed by atoms with Crippen LogP contribution in [0.4, 0.5) is 5.69 Å². The zero-order valence-corrected chi connectivity index (χ0v) is 22.7. The smallest absolute Gasteiger partial charge is 0.250 e. The molecule has 3 fully saturated rings. The molecule has 5 rings (SSSR count). The molecule has 7 nitrogen and oxygen atoms in total. The van der Waals surface area contributed by atoms with Crippen LogP contribution in [0.5, 0.6) is 0 Å². The molecular weight excluding hydrogens is 476 g/mol. The summed E-state index contributed by atoms with van der Waals surface area (Å²) in [4.78, 5) is 48.5. The lowest BCUT2D eigenvalue weighted by molar-refractivity contribution is -0.143. The first kappa shape index (κ1) is 26.3. The molecule has 1 unspecified atom stereocenters. The van der Waals surface area contributed by atoms with Gasteiger partial charge in [0.1, 0.15) is 12.1 Å². The van der Waals surface area contributed by atoms with Gasteiger partial charge in [0.2, 0.25) is 11.8 Å². The molecule has 0 saturated carbocycles. The van der Waals surface area contributed by atoms with Gasteiger partial charge in [-0.1, -0.05) is 62.4 Å². The van der Waals surface area contributed by atoms with E-state index in [9.17, 15) is 14.4 Å². The maximum atomic E-state index is 14.0. The lowest BCUT2D eigenvalue weighted by Gasteiger charge is -2.44. The molecule has 0 radical (unpaired) electrons. The third-order valence-corrected chi connectivity index (χ3v) is 8.86. The van der Waals surface area contributed by atoms with Gasteiger partial charge in [0.05, 0.1) is 12.6 Å². The van der Waals surface area contributed by atoms with Gasteiger partial charge in [-0.05, 0) is 55.7 Å². The molecule has 1 spiro atoms. The van der Waals surface area contributed by atoms with Gasteiger partial charge in [-0.15, -0.1) is 0 Å². The number of likely N-dealkylation sites (tertiary alicyclic amines) is 2. The number of hydrogen-bond donors (Lipinski definition) is 0. The number of anilines is 1. The molecule has 3 heterocycles. The molecule has 2 aromatic carbocycles. The van der Waals surface area contributed by atoms with Gasteiger partial charge in [0, 0.05) is 31.9 Å². The summed E-state index contributed by atoms with van der Waals surface area (Å²) >= 11 is 0. The molecule has 38 heavy (non-hydrogen) atoms. The predicted molar refractivity (Wildman–Crippen MR) is 148 cm³/mol. The summed E-state index contributed by atoms with van der Waals surface area (Å²) in [5, 5.41) is 0. The Kier molecular flexibility index (Phi) is 7.73. The number of rotatable bonds is 6. The van der Waals surface area contributed by atoms with Gasteiger partial charge < -0.3 is 19.6 Å². The van der Waals surface area contributed by atoms with Crippen LogP contribution in [0.2, 0.25) is 0 Å². The lowest BCUT2D eigenvalue weighted by Crippen LogP contribution is -2.58. The molecule has 3 aliphatic heterocycles. The van der Waals surface area contributed by atoms with Crippen molar-refractivity contribution in [2.75, 3.05) is 44.3 Å². The molecule has 0 N–H and O–H groups in total. The molecule has 7 heteroatoms. The minimum atomic E-state index is -0.733. The van der Waals surface area contributed by atoms with E-state index < -0.39 is 5.54 Å². The van der Waals surface area contributed by atoms with E-state index in [1.54, 1.807) is 4.90 Å². The van der Waals surface area contributed by atoms with Crippen molar-refractivity contribution in [2.24, 2.45) is 5.92 Å². The number of piperidine rings is 2. The Balaban J connectivity index is 1.32. The van der Waals surface area contributed by atoms with Gasteiger partial charge in [0.15, 0.2) is 0 Å². The summed E-state index contributed by atoms with van der Waals surface area (Å²) in [5.74, 6) is 0.665. The first-order chi connectivity index (χ1) is 18.4. The van der Waals surface area contributed by atoms with Crippen molar-refractivity contribution in [3.63, 3.8) is 0 Å². The van der Waals surface area contributed by atoms with Crippen molar-refractivity contribution in [2.45, 2.75) is 57.4 Å². The Morgan fingerprint density at radius 3 is 2.11 bits per heavy atom. The molecule has 0 aromatic heterocycles. The first-order valence-corrected chi connectivity index (χ1v) is 14.2. The largest absolute Gasteiger partial charge is 0.342 e. The zero-order valence-electron chi connectivity index (χ0n) is 22.7. The van der Waals surface area contributed by atoms with Gasteiger partial charge in [-0.3, -0.25) is 14.4 Å². The second kappa shape index (κ2) is 11.2. The first-order valence-electron chi connectivity index (χ1n) is 14.2. The van der Waals surface area contributed by atoms with E-state index in [-0.39, 0.29) is 30.2 Å². The summed E-state index contributed by atoms with van der Waals surface area (Å²) in [6.07, 6.45) is 3.90. The van der Waals surface area contributed by atoms with Crippen molar-refractivity contribution in [1.82, 2.24) is 14.7 Å². The highest BCUT2D eigenvalue weighted by atomic mass is 16.2. The predicted octanol–water partition coefficient (Wildman–Crippen LogP) is 4.11. The minimum Gasteiger partial charge on any atom is -0.342 e. The van der Waals surface area contributed by atoms with Crippen molar-refractivity contribution >= 4 is 23.4 Å². The van der Waals surface area contributed by atoms with Gasteiger partial charge >= 0.3 is 0 Å². The van der Waals surface area contributed by atoms with Crippen LogP contribution < -0.4 is 4.90 Å². The molecule has 1 atom stereocenters. The molecular formula is C31H40N4O3. The van der Waals surface area contributed by atoms with E-state index in [4.69, 9.17) is 0 Å². The summed E-state index contributed by atoms with van der Waals surface area (Å²) in [6.45, 7) is 7.40. The number of hydrogen-bond acceptors (Lipinski definition) is 4. The van der Waals surface area contributed by atoms with Crippen molar-refractivity contribution in [3.8, 4) is 0 Å².